The number of rotatable bonds is 10. The highest BCUT2D eigenvalue weighted by Crippen LogP contribution is 2.23. The first-order valence-corrected chi connectivity index (χ1v) is 11.3. The minimum Gasteiger partial charge on any atom is -0.497 e. The van der Waals surface area contributed by atoms with Gasteiger partial charge in [-0.05, 0) is 29.8 Å². The molecule has 1 heterocycles. The van der Waals surface area contributed by atoms with E-state index in [2.05, 4.69) is 15.6 Å². The van der Waals surface area contributed by atoms with E-state index in [0.29, 0.717) is 23.7 Å². The fourth-order valence-electron chi connectivity index (χ4n) is 2.63. The van der Waals surface area contributed by atoms with Gasteiger partial charge in [0, 0.05) is 23.7 Å². The third kappa shape index (κ3) is 7.30. The SMILES string of the molecule is COc1ccc(CNC(=O)Cc2csc(SCC(=O)Nc3cccc(OC)c3)n2)cc1. The Balaban J connectivity index is 1.41. The molecule has 0 aliphatic rings. The van der Waals surface area contributed by atoms with E-state index in [9.17, 15) is 9.59 Å². The summed E-state index contributed by atoms with van der Waals surface area (Å²) in [7, 11) is 3.19. The second kappa shape index (κ2) is 11.4. The van der Waals surface area contributed by atoms with Crippen molar-refractivity contribution in [3.63, 3.8) is 0 Å². The number of nitrogens with zero attached hydrogens (tertiary/aromatic N) is 1. The maximum absolute atomic E-state index is 12.2. The minimum absolute atomic E-state index is 0.103. The number of ether oxygens (including phenoxy) is 2. The average molecular weight is 458 g/mol. The summed E-state index contributed by atoms with van der Waals surface area (Å²) in [6, 6.07) is 14.7. The molecule has 9 heteroatoms. The van der Waals surface area contributed by atoms with E-state index < -0.39 is 0 Å². The van der Waals surface area contributed by atoms with Gasteiger partial charge in [0.15, 0.2) is 4.34 Å². The first kappa shape index (κ1) is 22.6. The molecule has 0 aliphatic heterocycles. The second-order valence-corrected chi connectivity index (χ2v) is 8.56. The summed E-state index contributed by atoms with van der Waals surface area (Å²) in [5.74, 6) is 1.45. The van der Waals surface area contributed by atoms with Gasteiger partial charge in [0.25, 0.3) is 0 Å². The van der Waals surface area contributed by atoms with Gasteiger partial charge in [-0.1, -0.05) is 30.0 Å². The number of thiazole rings is 1. The van der Waals surface area contributed by atoms with E-state index in [-0.39, 0.29) is 24.0 Å². The number of thioether (sulfide) groups is 1. The van der Waals surface area contributed by atoms with Crippen LogP contribution in [0, 0.1) is 0 Å². The van der Waals surface area contributed by atoms with E-state index in [0.717, 1.165) is 15.7 Å². The highest BCUT2D eigenvalue weighted by molar-refractivity contribution is 8.01. The summed E-state index contributed by atoms with van der Waals surface area (Å²) in [6.07, 6.45) is 0.198. The first-order chi connectivity index (χ1) is 15.1. The Hall–Kier alpha value is -3.04. The highest BCUT2D eigenvalue weighted by atomic mass is 32.2. The fourth-order valence-corrected chi connectivity index (χ4v) is 4.28. The van der Waals surface area contributed by atoms with Gasteiger partial charge in [-0.25, -0.2) is 4.98 Å². The van der Waals surface area contributed by atoms with E-state index >= 15 is 0 Å². The van der Waals surface area contributed by atoms with Crippen molar-refractivity contribution < 1.29 is 19.1 Å². The molecule has 162 valence electrons. The highest BCUT2D eigenvalue weighted by Gasteiger charge is 2.10. The zero-order chi connectivity index (χ0) is 22.1. The van der Waals surface area contributed by atoms with Crippen LogP contribution in [0.3, 0.4) is 0 Å². The van der Waals surface area contributed by atoms with Gasteiger partial charge >= 0.3 is 0 Å². The summed E-state index contributed by atoms with van der Waals surface area (Å²) >= 11 is 2.76. The quantitative estimate of drug-likeness (QED) is 0.451. The normalized spacial score (nSPS) is 10.4. The number of hydrogen-bond acceptors (Lipinski definition) is 7. The molecule has 7 nitrogen and oxygen atoms in total. The number of benzene rings is 2. The summed E-state index contributed by atoms with van der Waals surface area (Å²) in [4.78, 5) is 28.8. The van der Waals surface area contributed by atoms with Crippen molar-refractivity contribution in [2.24, 2.45) is 0 Å². The molecule has 0 spiro atoms. The van der Waals surface area contributed by atoms with E-state index in [1.807, 2.05) is 41.8 Å². The molecule has 0 bridgehead atoms. The third-order valence-corrected chi connectivity index (χ3v) is 6.27. The van der Waals surface area contributed by atoms with Gasteiger partial charge < -0.3 is 20.1 Å². The number of carbonyl (C=O) groups is 2. The zero-order valence-electron chi connectivity index (χ0n) is 17.2. The molecule has 0 radical (unpaired) electrons. The second-order valence-electron chi connectivity index (χ2n) is 6.48. The van der Waals surface area contributed by atoms with Crippen LogP contribution in [0.4, 0.5) is 5.69 Å². The van der Waals surface area contributed by atoms with Crippen LogP contribution in [0.5, 0.6) is 11.5 Å². The summed E-state index contributed by atoms with van der Waals surface area (Å²) in [6.45, 7) is 0.443. The Morgan fingerprint density at radius 2 is 1.81 bits per heavy atom. The predicted molar refractivity (Wildman–Crippen MR) is 123 cm³/mol. The average Bonchev–Trinajstić information content (AvgIpc) is 3.24. The van der Waals surface area contributed by atoms with Gasteiger partial charge in [0.1, 0.15) is 11.5 Å². The van der Waals surface area contributed by atoms with Crippen molar-refractivity contribution in [1.82, 2.24) is 10.3 Å². The number of nitrogens with one attached hydrogen (secondary N) is 2. The predicted octanol–water partition coefficient (Wildman–Crippen LogP) is 3.75. The molecular formula is C22H23N3O4S2. The van der Waals surface area contributed by atoms with Crippen LogP contribution in [0.15, 0.2) is 58.3 Å². The Morgan fingerprint density at radius 3 is 2.55 bits per heavy atom. The van der Waals surface area contributed by atoms with E-state index in [4.69, 9.17) is 9.47 Å². The molecule has 2 aromatic carbocycles. The lowest BCUT2D eigenvalue weighted by Crippen LogP contribution is -2.24. The number of methoxy groups -OCH3 is 2. The molecule has 0 fully saturated rings. The van der Waals surface area contributed by atoms with Gasteiger partial charge in [-0.15, -0.1) is 11.3 Å². The largest absolute Gasteiger partial charge is 0.497 e. The molecule has 2 N–H and O–H groups in total. The van der Waals surface area contributed by atoms with Crippen molar-refractivity contribution >= 4 is 40.6 Å². The lowest BCUT2D eigenvalue weighted by molar-refractivity contribution is -0.120. The monoisotopic (exact) mass is 457 g/mol. The number of hydrogen-bond donors (Lipinski definition) is 2. The van der Waals surface area contributed by atoms with Gasteiger partial charge in [-0.3, -0.25) is 9.59 Å². The topological polar surface area (TPSA) is 89.5 Å². The van der Waals surface area contributed by atoms with E-state index in [1.54, 1.807) is 26.4 Å². The number of carbonyl (C=O) groups excluding carboxylic acids is 2. The number of aromatic nitrogens is 1. The lowest BCUT2D eigenvalue weighted by Gasteiger charge is -2.06. The fraction of sp³-hybridized carbons (Fsp3) is 0.227. The Bertz CT molecular complexity index is 1020. The Morgan fingerprint density at radius 1 is 1.03 bits per heavy atom. The molecular weight excluding hydrogens is 434 g/mol. The first-order valence-electron chi connectivity index (χ1n) is 9.46. The molecule has 31 heavy (non-hydrogen) atoms. The van der Waals surface area contributed by atoms with Crippen molar-refractivity contribution in [3.05, 3.63) is 65.2 Å². The van der Waals surface area contributed by atoms with Crippen LogP contribution in [-0.4, -0.2) is 36.8 Å². The van der Waals surface area contributed by atoms with Gasteiger partial charge in [0.05, 0.1) is 32.1 Å². The minimum atomic E-state index is -0.132. The molecule has 0 aliphatic carbocycles. The maximum atomic E-state index is 12.2. The van der Waals surface area contributed by atoms with Crippen LogP contribution in [0.25, 0.3) is 0 Å². The van der Waals surface area contributed by atoms with Crippen LogP contribution in [-0.2, 0) is 22.6 Å². The van der Waals surface area contributed by atoms with Gasteiger partial charge in [-0.2, -0.15) is 0 Å². The van der Waals surface area contributed by atoms with Crippen molar-refractivity contribution in [1.29, 1.82) is 0 Å². The van der Waals surface area contributed by atoms with Crippen molar-refractivity contribution in [3.8, 4) is 11.5 Å². The lowest BCUT2D eigenvalue weighted by atomic mass is 10.2. The summed E-state index contributed by atoms with van der Waals surface area (Å²) < 4.78 is 11.0. The smallest absolute Gasteiger partial charge is 0.234 e. The van der Waals surface area contributed by atoms with Crippen molar-refractivity contribution in [2.75, 3.05) is 25.3 Å². The summed E-state index contributed by atoms with van der Waals surface area (Å²) in [5.41, 5.74) is 2.36. The molecule has 0 saturated heterocycles. The number of anilines is 1. The van der Waals surface area contributed by atoms with Crippen LogP contribution in [0.1, 0.15) is 11.3 Å². The van der Waals surface area contributed by atoms with Crippen molar-refractivity contribution in [2.45, 2.75) is 17.3 Å². The zero-order valence-corrected chi connectivity index (χ0v) is 18.8. The molecule has 2 amide bonds. The van der Waals surface area contributed by atoms with Crippen LogP contribution >= 0.6 is 23.1 Å². The third-order valence-electron chi connectivity index (χ3n) is 4.20. The molecule has 0 unspecified atom stereocenters. The molecule has 0 atom stereocenters. The number of amides is 2. The molecule has 1 aromatic heterocycles. The van der Waals surface area contributed by atoms with E-state index in [1.165, 1.54) is 23.1 Å². The Labute approximate surface area is 189 Å². The maximum Gasteiger partial charge on any atom is 0.234 e. The summed E-state index contributed by atoms with van der Waals surface area (Å²) in [5, 5.41) is 7.56. The molecule has 3 aromatic rings. The van der Waals surface area contributed by atoms with Crippen LogP contribution in [0.2, 0.25) is 0 Å². The van der Waals surface area contributed by atoms with Gasteiger partial charge in [0.2, 0.25) is 11.8 Å². The molecule has 3 rings (SSSR count). The molecule has 0 saturated carbocycles. The standard InChI is InChI=1S/C22H23N3O4S2/c1-28-18-8-6-15(7-9-18)12-23-20(26)11-17-13-30-22(25-17)31-14-21(27)24-16-4-3-5-19(10-16)29-2/h3-10,13H,11-12,14H2,1-2H3,(H,23,26)(H,24,27). The Kier molecular flexibility index (Phi) is 8.31. The van der Waals surface area contributed by atoms with Crippen LogP contribution < -0.4 is 20.1 Å².